The van der Waals surface area contributed by atoms with Gasteiger partial charge in [0.1, 0.15) is 0 Å². The smallest absolute Gasteiger partial charge is 0.0361 e. The molecule has 73 heavy (non-hydrogen) atoms. The summed E-state index contributed by atoms with van der Waals surface area (Å²) in [5, 5.41) is 17.7. The first-order valence-electron chi connectivity index (χ1n) is 25.2. The summed E-state index contributed by atoms with van der Waals surface area (Å²) in [7, 11) is 0. The minimum Gasteiger partial charge on any atom is -0.135 e. The summed E-state index contributed by atoms with van der Waals surface area (Å²) in [6, 6.07) is 99.2. The molecule has 1 aromatic heterocycles. The van der Waals surface area contributed by atoms with Gasteiger partial charge in [-0.25, -0.2) is 0 Å². The van der Waals surface area contributed by atoms with Crippen molar-refractivity contribution in [2.24, 2.45) is 0 Å². The number of benzene rings is 14. The number of hydrogen-bond donors (Lipinski definition) is 0. The van der Waals surface area contributed by atoms with Crippen LogP contribution >= 0.6 is 11.3 Å². The van der Waals surface area contributed by atoms with Crippen LogP contribution in [0.3, 0.4) is 0 Å². The van der Waals surface area contributed by atoms with Gasteiger partial charge in [-0.2, -0.15) is 0 Å². The monoisotopic (exact) mass is 940 g/mol. The van der Waals surface area contributed by atoms with Crippen molar-refractivity contribution in [3.8, 4) is 66.8 Å². The van der Waals surface area contributed by atoms with Crippen LogP contribution in [0, 0.1) is 0 Å². The predicted molar refractivity (Wildman–Crippen MR) is 317 cm³/mol. The van der Waals surface area contributed by atoms with E-state index < -0.39 is 0 Å². The van der Waals surface area contributed by atoms with Crippen molar-refractivity contribution in [2.75, 3.05) is 0 Å². The molecular weight excluding hydrogens is 897 g/mol. The molecule has 0 fully saturated rings. The van der Waals surface area contributed by atoms with Crippen LogP contribution in [0.25, 0.3) is 152 Å². The Morgan fingerprint density at radius 1 is 0.178 bits per heavy atom. The Labute approximate surface area is 427 Å². The molecule has 1 heterocycles. The summed E-state index contributed by atoms with van der Waals surface area (Å²) in [6.45, 7) is 0. The molecule has 0 atom stereocenters. The first-order chi connectivity index (χ1) is 36.3. The first kappa shape index (κ1) is 41.6. The molecular formula is C72H44S. The highest BCUT2D eigenvalue weighted by molar-refractivity contribution is 7.26. The molecule has 0 unspecified atom stereocenters. The highest BCUT2D eigenvalue weighted by Gasteiger charge is 2.23. The van der Waals surface area contributed by atoms with Gasteiger partial charge in [-0.05, 0) is 144 Å². The van der Waals surface area contributed by atoms with Crippen molar-refractivity contribution in [1.29, 1.82) is 0 Å². The maximum absolute atomic E-state index is 2.46. The molecule has 0 N–H and O–H groups in total. The Bertz CT molecular complexity index is 4600. The molecule has 1 heteroatoms. The minimum atomic E-state index is 1.23. The van der Waals surface area contributed by atoms with Gasteiger partial charge in [-0.15, -0.1) is 11.3 Å². The number of rotatable bonds is 6. The zero-order valence-corrected chi connectivity index (χ0v) is 40.6. The van der Waals surface area contributed by atoms with Crippen LogP contribution in [0.15, 0.2) is 267 Å². The number of fused-ring (bicyclic) bond motifs is 9. The summed E-state index contributed by atoms with van der Waals surface area (Å²) >= 11 is 1.90. The van der Waals surface area contributed by atoms with Gasteiger partial charge in [0, 0.05) is 20.2 Å². The fourth-order valence-corrected chi connectivity index (χ4v) is 13.6. The van der Waals surface area contributed by atoms with Crippen LogP contribution in [-0.2, 0) is 0 Å². The second kappa shape index (κ2) is 16.7. The molecule has 15 rings (SSSR count). The van der Waals surface area contributed by atoms with Crippen molar-refractivity contribution < 1.29 is 0 Å². The van der Waals surface area contributed by atoms with Crippen molar-refractivity contribution in [1.82, 2.24) is 0 Å². The molecule has 14 aromatic carbocycles. The van der Waals surface area contributed by atoms with Crippen molar-refractivity contribution in [3.63, 3.8) is 0 Å². The predicted octanol–water partition coefficient (Wildman–Crippen LogP) is 21.0. The van der Waals surface area contributed by atoms with E-state index in [0.29, 0.717) is 0 Å². The summed E-state index contributed by atoms with van der Waals surface area (Å²) in [4.78, 5) is 0. The average Bonchev–Trinajstić information content (AvgIpc) is 3.84. The lowest BCUT2D eigenvalue weighted by atomic mass is 9.83. The third-order valence-corrected chi connectivity index (χ3v) is 16.6. The zero-order chi connectivity index (χ0) is 48.0. The fourth-order valence-electron chi connectivity index (χ4n) is 12.4. The second-order valence-corrected chi connectivity index (χ2v) is 20.4. The highest BCUT2D eigenvalue weighted by atomic mass is 32.1. The van der Waals surface area contributed by atoms with E-state index >= 15 is 0 Å². The molecule has 0 aliphatic rings. The van der Waals surface area contributed by atoms with Crippen molar-refractivity contribution in [3.05, 3.63) is 267 Å². The molecule has 0 saturated heterocycles. The lowest BCUT2D eigenvalue weighted by Gasteiger charge is -2.20. The molecule has 0 aliphatic carbocycles. The quantitative estimate of drug-likeness (QED) is 0.146. The van der Waals surface area contributed by atoms with E-state index in [4.69, 9.17) is 0 Å². The highest BCUT2D eigenvalue weighted by Crippen LogP contribution is 2.51. The zero-order valence-electron chi connectivity index (χ0n) is 39.8. The largest absolute Gasteiger partial charge is 0.135 e. The van der Waals surface area contributed by atoms with Crippen molar-refractivity contribution >= 4 is 96.1 Å². The maximum Gasteiger partial charge on any atom is 0.0361 e. The summed E-state index contributed by atoms with van der Waals surface area (Å²) in [5.74, 6) is 0. The van der Waals surface area contributed by atoms with Crippen LogP contribution in [0.1, 0.15) is 0 Å². The topological polar surface area (TPSA) is 0 Å². The Hall–Kier alpha value is -9.14. The summed E-state index contributed by atoms with van der Waals surface area (Å²) in [5.41, 5.74) is 15.1. The maximum atomic E-state index is 2.46. The van der Waals surface area contributed by atoms with Crippen LogP contribution < -0.4 is 0 Å². The van der Waals surface area contributed by atoms with E-state index in [1.54, 1.807) is 0 Å². The Morgan fingerprint density at radius 3 is 0.945 bits per heavy atom. The van der Waals surface area contributed by atoms with Crippen molar-refractivity contribution in [2.45, 2.75) is 0 Å². The van der Waals surface area contributed by atoms with E-state index in [9.17, 15) is 0 Å². The molecule has 15 aromatic rings. The van der Waals surface area contributed by atoms with Gasteiger partial charge in [0.15, 0.2) is 0 Å². The second-order valence-electron chi connectivity index (χ2n) is 19.3. The van der Waals surface area contributed by atoms with E-state index in [0.717, 1.165) is 0 Å². The lowest BCUT2D eigenvalue weighted by molar-refractivity contribution is 1.64. The van der Waals surface area contributed by atoms with Gasteiger partial charge < -0.3 is 0 Å². The number of thiophene rings is 1. The van der Waals surface area contributed by atoms with Gasteiger partial charge >= 0.3 is 0 Å². The molecule has 0 nitrogen and oxygen atoms in total. The van der Waals surface area contributed by atoms with E-state index in [-0.39, 0.29) is 0 Å². The minimum absolute atomic E-state index is 1.23. The normalized spacial score (nSPS) is 11.8. The Morgan fingerprint density at radius 2 is 0.521 bits per heavy atom. The van der Waals surface area contributed by atoms with Gasteiger partial charge in [-0.1, -0.05) is 255 Å². The van der Waals surface area contributed by atoms with Gasteiger partial charge in [0.2, 0.25) is 0 Å². The number of hydrogen-bond acceptors (Lipinski definition) is 1. The lowest BCUT2D eigenvalue weighted by Crippen LogP contribution is -1.93. The summed E-state index contributed by atoms with van der Waals surface area (Å²) < 4.78 is 2.58. The molecule has 0 bridgehead atoms. The van der Waals surface area contributed by atoms with E-state index in [1.165, 1.54) is 152 Å². The van der Waals surface area contributed by atoms with E-state index in [1.807, 2.05) is 11.3 Å². The SMILES string of the molecule is c1ccc(-c2ccc(-c3c4ccccc4c(-c4ccc5c(c4)sc4cccc(-c6c7ccccc7c(-c7ccc(-c8ccccc8)c8ccccc78)c7ccccc67)c45)c4ccccc34)c3ccccc23)cc1. The first-order valence-corrected chi connectivity index (χ1v) is 26.1. The molecule has 338 valence electrons. The Balaban J connectivity index is 0.928. The Kier molecular flexibility index (Phi) is 9.55. The van der Waals surface area contributed by atoms with Gasteiger partial charge in [-0.3, -0.25) is 0 Å². The molecule has 0 saturated carbocycles. The van der Waals surface area contributed by atoms with Crippen LogP contribution in [0.4, 0.5) is 0 Å². The molecule has 0 radical (unpaired) electrons. The molecule has 0 spiro atoms. The summed E-state index contributed by atoms with van der Waals surface area (Å²) in [6.07, 6.45) is 0. The fraction of sp³-hybridized carbons (Fsp3) is 0. The third kappa shape index (κ3) is 6.46. The van der Waals surface area contributed by atoms with Crippen LogP contribution in [-0.4, -0.2) is 0 Å². The van der Waals surface area contributed by atoms with Gasteiger partial charge in [0.25, 0.3) is 0 Å². The van der Waals surface area contributed by atoms with E-state index in [2.05, 4.69) is 267 Å². The standard InChI is InChI=1S/C72H44S/c1-3-20-45(21-4-1)48-40-42-62(52-26-9-7-24-50(48)52)69-56-30-13-11-28-54(56)68(55-29-12-14-31-57(55)69)47-38-39-64-67(44-47)73-66-37-19-36-65(72(64)66)71-60-34-17-15-32-58(60)70(59-33-16-18-35-61(59)71)63-43-41-49(46-22-5-2-6-23-46)51-25-8-10-27-53(51)63/h1-44H. The third-order valence-electron chi connectivity index (χ3n) is 15.5. The molecule has 0 amide bonds. The van der Waals surface area contributed by atoms with Gasteiger partial charge in [0.05, 0.1) is 0 Å². The molecule has 0 aliphatic heterocycles. The van der Waals surface area contributed by atoms with Crippen LogP contribution in [0.2, 0.25) is 0 Å². The average molecular weight is 941 g/mol. The van der Waals surface area contributed by atoms with Crippen LogP contribution in [0.5, 0.6) is 0 Å².